The van der Waals surface area contributed by atoms with Crippen molar-refractivity contribution in [3.05, 3.63) is 68.6 Å². The van der Waals surface area contributed by atoms with Crippen molar-refractivity contribution in [2.45, 2.75) is 5.92 Å². The fourth-order valence-electron chi connectivity index (χ4n) is 2.47. The average molecular weight is 390 g/mol. The van der Waals surface area contributed by atoms with E-state index in [-0.39, 0.29) is 17.6 Å². The largest absolute Gasteiger partial charge is 0.508 e. The van der Waals surface area contributed by atoms with Crippen LogP contribution in [0.2, 0.25) is 0 Å². The zero-order valence-electron chi connectivity index (χ0n) is 10.9. The van der Waals surface area contributed by atoms with Crippen LogP contribution in [0.1, 0.15) is 17.0 Å². The molecule has 1 aliphatic rings. The third-order valence-corrected chi connectivity index (χ3v) is 4.06. The Balaban J connectivity index is 2.24. The highest BCUT2D eigenvalue weighted by molar-refractivity contribution is 14.1. The smallest absolute Gasteiger partial charge is 0.205 e. The number of allylic oxidation sites excluding steroid dienone is 1. The first-order valence-corrected chi connectivity index (χ1v) is 7.34. The first-order chi connectivity index (χ1) is 10.1. The van der Waals surface area contributed by atoms with E-state index in [0.29, 0.717) is 11.3 Å². The minimum Gasteiger partial charge on any atom is -0.508 e. The third-order valence-electron chi connectivity index (χ3n) is 3.38. The average Bonchev–Trinajstić information content (AvgIpc) is 2.45. The molecule has 4 nitrogen and oxygen atoms in total. The molecule has 0 amide bonds. The minimum absolute atomic E-state index is 0.0828. The highest BCUT2D eigenvalue weighted by Crippen LogP contribution is 2.43. The lowest BCUT2D eigenvalue weighted by Gasteiger charge is -2.26. The van der Waals surface area contributed by atoms with Crippen LogP contribution >= 0.6 is 22.6 Å². The van der Waals surface area contributed by atoms with Crippen LogP contribution in [0, 0.1) is 14.9 Å². The number of benzene rings is 2. The van der Waals surface area contributed by atoms with Crippen LogP contribution in [-0.4, -0.2) is 5.11 Å². The van der Waals surface area contributed by atoms with E-state index in [1.807, 2.05) is 24.3 Å². The Morgan fingerprint density at radius 3 is 2.76 bits per heavy atom. The lowest BCUT2D eigenvalue weighted by Crippen LogP contribution is -2.21. The normalized spacial score (nSPS) is 16.9. The van der Waals surface area contributed by atoms with Gasteiger partial charge in [-0.3, -0.25) is 0 Å². The summed E-state index contributed by atoms with van der Waals surface area (Å²) in [5.41, 5.74) is 8.05. The number of nitrogens with zero attached hydrogens (tertiary/aromatic N) is 1. The molecule has 1 heterocycles. The van der Waals surface area contributed by atoms with E-state index >= 15 is 0 Å². The van der Waals surface area contributed by atoms with Gasteiger partial charge in [0.05, 0.1) is 5.92 Å². The maximum absolute atomic E-state index is 9.60. The number of hydrogen-bond donors (Lipinski definition) is 2. The molecule has 2 aromatic carbocycles. The van der Waals surface area contributed by atoms with Crippen molar-refractivity contribution in [3.63, 3.8) is 0 Å². The number of rotatable bonds is 1. The van der Waals surface area contributed by atoms with Crippen LogP contribution in [0.3, 0.4) is 0 Å². The molecule has 3 N–H and O–H groups in total. The second-order valence-electron chi connectivity index (χ2n) is 4.70. The summed E-state index contributed by atoms with van der Waals surface area (Å²) in [5.74, 6) is 0.382. The standard InChI is InChI=1S/C16H11IN2O2/c17-10-3-1-2-9(6-10)15-12-5-4-11(20)7-14(12)21-16(19)13(15)8-18/h1-7,15,20H,19H2/t15-/m1/s1. The topological polar surface area (TPSA) is 79.3 Å². The van der Waals surface area contributed by atoms with E-state index in [1.54, 1.807) is 12.1 Å². The first kappa shape index (κ1) is 13.8. The summed E-state index contributed by atoms with van der Waals surface area (Å²) in [6.07, 6.45) is 0. The van der Waals surface area contributed by atoms with Crippen molar-refractivity contribution in [2.24, 2.45) is 5.73 Å². The third kappa shape index (κ3) is 2.43. The maximum Gasteiger partial charge on any atom is 0.205 e. The van der Waals surface area contributed by atoms with E-state index < -0.39 is 0 Å². The fourth-order valence-corrected chi connectivity index (χ4v) is 3.04. The lowest BCUT2D eigenvalue weighted by atomic mass is 9.83. The summed E-state index contributed by atoms with van der Waals surface area (Å²) in [6, 6.07) is 14.9. The molecule has 0 bridgehead atoms. The SMILES string of the molecule is N#CC1=C(N)Oc2cc(O)ccc2[C@H]1c1cccc(I)c1. The maximum atomic E-state index is 9.60. The van der Waals surface area contributed by atoms with Gasteiger partial charge in [0.2, 0.25) is 5.88 Å². The summed E-state index contributed by atoms with van der Waals surface area (Å²) < 4.78 is 6.55. The zero-order valence-corrected chi connectivity index (χ0v) is 13.0. The van der Waals surface area contributed by atoms with Crippen molar-refractivity contribution < 1.29 is 9.84 Å². The second-order valence-corrected chi connectivity index (χ2v) is 5.95. The van der Waals surface area contributed by atoms with Crippen molar-refractivity contribution in [1.82, 2.24) is 0 Å². The quantitative estimate of drug-likeness (QED) is 0.733. The molecule has 2 aromatic rings. The van der Waals surface area contributed by atoms with Gasteiger partial charge in [0.1, 0.15) is 23.1 Å². The van der Waals surface area contributed by atoms with Gasteiger partial charge in [0, 0.05) is 15.2 Å². The molecule has 0 spiro atoms. The Morgan fingerprint density at radius 2 is 2.05 bits per heavy atom. The molecule has 104 valence electrons. The molecule has 0 unspecified atom stereocenters. The van der Waals surface area contributed by atoms with Crippen LogP contribution in [0.5, 0.6) is 11.5 Å². The highest BCUT2D eigenvalue weighted by atomic mass is 127. The highest BCUT2D eigenvalue weighted by Gasteiger charge is 2.30. The molecular weight excluding hydrogens is 379 g/mol. The van der Waals surface area contributed by atoms with E-state index in [4.69, 9.17) is 10.5 Å². The molecule has 0 aliphatic carbocycles. The number of hydrogen-bond acceptors (Lipinski definition) is 4. The molecule has 0 aromatic heterocycles. The molecule has 0 radical (unpaired) electrons. The Morgan fingerprint density at radius 1 is 1.24 bits per heavy atom. The molecule has 5 heteroatoms. The summed E-state index contributed by atoms with van der Waals surface area (Å²) in [7, 11) is 0. The molecule has 3 rings (SSSR count). The summed E-state index contributed by atoms with van der Waals surface area (Å²) in [4.78, 5) is 0. The zero-order chi connectivity index (χ0) is 15.0. The molecular formula is C16H11IN2O2. The van der Waals surface area contributed by atoms with Crippen molar-refractivity contribution in [2.75, 3.05) is 0 Å². The van der Waals surface area contributed by atoms with Gasteiger partial charge in [0.25, 0.3) is 0 Å². The van der Waals surface area contributed by atoms with Crippen molar-refractivity contribution in [3.8, 4) is 17.6 Å². The minimum atomic E-state index is -0.283. The fraction of sp³-hybridized carbons (Fsp3) is 0.0625. The van der Waals surface area contributed by atoms with Gasteiger partial charge in [-0.05, 0) is 46.4 Å². The summed E-state index contributed by atoms with van der Waals surface area (Å²) >= 11 is 2.23. The molecule has 1 atom stereocenters. The Kier molecular flexibility index (Phi) is 3.47. The number of aromatic hydroxyl groups is 1. The first-order valence-electron chi connectivity index (χ1n) is 6.26. The van der Waals surface area contributed by atoms with E-state index in [2.05, 4.69) is 28.7 Å². The Bertz CT molecular complexity index is 793. The van der Waals surface area contributed by atoms with Crippen LogP contribution in [-0.2, 0) is 0 Å². The predicted octanol–water partition coefficient (Wildman–Crippen LogP) is 3.21. The molecule has 0 saturated carbocycles. The molecule has 0 saturated heterocycles. The molecule has 21 heavy (non-hydrogen) atoms. The number of ether oxygens (including phenoxy) is 1. The number of phenols is 1. The van der Waals surface area contributed by atoms with Gasteiger partial charge in [-0.15, -0.1) is 0 Å². The van der Waals surface area contributed by atoms with E-state index in [9.17, 15) is 10.4 Å². The van der Waals surface area contributed by atoms with Gasteiger partial charge in [-0.25, -0.2) is 0 Å². The summed E-state index contributed by atoms with van der Waals surface area (Å²) in [6.45, 7) is 0. The lowest BCUT2D eigenvalue weighted by molar-refractivity contribution is 0.388. The van der Waals surface area contributed by atoms with Gasteiger partial charge in [-0.1, -0.05) is 18.2 Å². The Hall–Kier alpha value is -2.20. The second kappa shape index (κ2) is 5.30. The van der Waals surface area contributed by atoms with Crippen LogP contribution in [0.25, 0.3) is 0 Å². The monoisotopic (exact) mass is 390 g/mol. The van der Waals surface area contributed by atoms with Crippen LogP contribution in [0.4, 0.5) is 0 Å². The van der Waals surface area contributed by atoms with Gasteiger partial charge < -0.3 is 15.6 Å². The van der Waals surface area contributed by atoms with Crippen molar-refractivity contribution >= 4 is 22.6 Å². The van der Waals surface area contributed by atoms with Crippen LogP contribution in [0.15, 0.2) is 53.9 Å². The van der Waals surface area contributed by atoms with Gasteiger partial charge >= 0.3 is 0 Å². The van der Waals surface area contributed by atoms with E-state index in [0.717, 1.165) is 14.7 Å². The number of nitrogens with two attached hydrogens (primary N) is 1. The molecule has 0 fully saturated rings. The Labute approximate surface area is 135 Å². The van der Waals surface area contributed by atoms with Crippen molar-refractivity contribution in [1.29, 1.82) is 5.26 Å². The van der Waals surface area contributed by atoms with E-state index in [1.165, 1.54) is 6.07 Å². The predicted molar refractivity (Wildman–Crippen MR) is 86.6 cm³/mol. The van der Waals surface area contributed by atoms with Gasteiger partial charge in [-0.2, -0.15) is 5.26 Å². The molecule has 1 aliphatic heterocycles. The summed E-state index contributed by atoms with van der Waals surface area (Å²) in [5, 5.41) is 19.0. The van der Waals surface area contributed by atoms with Gasteiger partial charge in [0.15, 0.2) is 0 Å². The number of nitriles is 1. The number of halogens is 1. The number of phenolic OH excluding ortho intramolecular Hbond substituents is 1. The number of fused-ring (bicyclic) bond motifs is 1. The van der Waals surface area contributed by atoms with Crippen LogP contribution < -0.4 is 10.5 Å².